The average Bonchev–Trinajstić information content (AvgIpc) is 3.48. The molecule has 2 fully saturated rings. The molecule has 6 rings (SSSR count). The molecule has 2 aliphatic carbocycles. The number of nitrogens with zero attached hydrogens (tertiary/aromatic N) is 1. The van der Waals surface area contributed by atoms with E-state index >= 15 is 0 Å². The molecule has 2 aliphatic heterocycles. The highest BCUT2D eigenvalue weighted by atomic mass is 16.7. The lowest BCUT2D eigenvalue weighted by atomic mass is 9.67. The lowest BCUT2D eigenvalue weighted by Crippen LogP contribution is -2.65. The molecule has 1 saturated carbocycles. The van der Waals surface area contributed by atoms with Gasteiger partial charge in [0.2, 0.25) is 5.79 Å². The molecule has 0 N–H and O–H groups in total. The Labute approximate surface area is 194 Å². The summed E-state index contributed by atoms with van der Waals surface area (Å²) in [5.41, 5.74) is 0.907. The van der Waals surface area contributed by atoms with Crippen LogP contribution in [0.15, 0.2) is 71.7 Å². The molecule has 2 aromatic rings. The van der Waals surface area contributed by atoms with Gasteiger partial charge in [-0.1, -0.05) is 80.6 Å². The van der Waals surface area contributed by atoms with Gasteiger partial charge in [-0.25, -0.2) is 0 Å². The van der Waals surface area contributed by atoms with E-state index in [9.17, 15) is 4.79 Å². The molecule has 0 amide bonds. The molecule has 2 aromatic carbocycles. The topological polar surface area (TPSA) is 57.1 Å². The fourth-order valence-corrected chi connectivity index (χ4v) is 6.81. The van der Waals surface area contributed by atoms with Gasteiger partial charge in [0.15, 0.2) is 5.41 Å². The lowest BCUT2D eigenvalue weighted by molar-refractivity contribution is -0.340. The van der Waals surface area contributed by atoms with Gasteiger partial charge < -0.3 is 14.2 Å². The van der Waals surface area contributed by atoms with Crippen molar-refractivity contribution in [3.05, 3.63) is 77.9 Å². The van der Waals surface area contributed by atoms with E-state index in [1.807, 2.05) is 54.7 Å². The van der Waals surface area contributed by atoms with Gasteiger partial charge in [0.05, 0.1) is 31.8 Å². The minimum atomic E-state index is -1.23. The Balaban J connectivity index is 1.71. The summed E-state index contributed by atoms with van der Waals surface area (Å²) in [5.74, 6) is -1.54. The first kappa shape index (κ1) is 20.8. The van der Waals surface area contributed by atoms with Gasteiger partial charge in [0, 0.05) is 11.3 Å². The number of ether oxygens (including phenoxy) is 3. The van der Waals surface area contributed by atoms with E-state index in [1.165, 1.54) is 7.11 Å². The third kappa shape index (κ3) is 2.34. The van der Waals surface area contributed by atoms with E-state index in [0.29, 0.717) is 13.2 Å². The molecule has 5 heteroatoms. The Morgan fingerprint density at radius 3 is 2.27 bits per heavy atom. The largest absolute Gasteiger partial charge is 0.468 e. The van der Waals surface area contributed by atoms with Crippen molar-refractivity contribution in [3.8, 4) is 0 Å². The summed E-state index contributed by atoms with van der Waals surface area (Å²) in [5, 5.41) is 0. The fourth-order valence-electron chi connectivity index (χ4n) is 6.81. The summed E-state index contributed by atoms with van der Waals surface area (Å²) in [6.07, 6.45) is 4.98. The van der Waals surface area contributed by atoms with Crippen molar-refractivity contribution in [2.75, 3.05) is 20.3 Å². The van der Waals surface area contributed by atoms with Crippen LogP contribution in [0.2, 0.25) is 0 Å². The van der Waals surface area contributed by atoms with Crippen LogP contribution in [0.1, 0.15) is 31.4 Å². The quantitative estimate of drug-likeness (QED) is 0.659. The van der Waals surface area contributed by atoms with E-state index in [0.717, 1.165) is 23.1 Å². The number of rotatable bonds is 3. The van der Waals surface area contributed by atoms with Gasteiger partial charge in [-0.3, -0.25) is 9.79 Å². The number of aliphatic imine (C=N–C) groups is 1. The van der Waals surface area contributed by atoms with Crippen LogP contribution in [-0.2, 0) is 24.4 Å². The van der Waals surface area contributed by atoms with E-state index in [1.54, 1.807) is 0 Å². The second-order valence-electron chi connectivity index (χ2n) is 10.4. The van der Waals surface area contributed by atoms with Gasteiger partial charge in [-0.2, -0.15) is 0 Å². The van der Waals surface area contributed by atoms with Gasteiger partial charge in [-0.15, -0.1) is 0 Å². The zero-order chi connectivity index (χ0) is 22.9. The predicted octanol–water partition coefficient (Wildman–Crippen LogP) is 4.42. The molecule has 4 atom stereocenters. The number of methoxy groups -OCH3 is 1. The minimum Gasteiger partial charge on any atom is -0.468 e. The molecule has 2 bridgehead atoms. The van der Waals surface area contributed by atoms with Crippen LogP contribution in [0.5, 0.6) is 0 Å². The van der Waals surface area contributed by atoms with E-state index in [-0.39, 0.29) is 23.3 Å². The van der Waals surface area contributed by atoms with E-state index in [4.69, 9.17) is 19.2 Å². The number of esters is 1. The number of fused-ring (bicyclic) bond motifs is 3. The highest BCUT2D eigenvalue weighted by Crippen LogP contribution is 2.76. The first-order chi connectivity index (χ1) is 15.9. The monoisotopic (exact) mass is 443 g/mol. The van der Waals surface area contributed by atoms with Gasteiger partial charge in [0.25, 0.3) is 0 Å². The van der Waals surface area contributed by atoms with Gasteiger partial charge in [-0.05, 0) is 29.3 Å². The van der Waals surface area contributed by atoms with Crippen LogP contribution in [0, 0.1) is 16.7 Å². The summed E-state index contributed by atoms with van der Waals surface area (Å²) >= 11 is 0. The van der Waals surface area contributed by atoms with Crippen LogP contribution in [0.25, 0.3) is 5.57 Å². The van der Waals surface area contributed by atoms with Crippen molar-refractivity contribution >= 4 is 17.8 Å². The van der Waals surface area contributed by atoms with Crippen molar-refractivity contribution in [2.45, 2.75) is 37.5 Å². The first-order valence-electron chi connectivity index (χ1n) is 11.7. The molecular weight excluding hydrogens is 414 g/mol. The Hall–Kier alpha value is -2.76. The van der Waals surface area contributed by atoms with E-state index < -0.39 is 16.6 Å². The van der Waals surface area contributed by atoms with E-state index in [2.05, 4.69) is 32.1 Å². The highest BCUT2D eigenvalue weighted by molar-refractivity contribution is 6.01. The minimum absolute atomic E-state index is 0.0349. The predicted molar refractivity (Wildman–Crippen MR) is 126 cm³/mol. The Kier molecular flexibility index (Phi) is 4.34. The second kappa shape index (κ2) is 6.87. The molecule has 1 spiro atoms. The van der Waals surface area contributed by atoms with Crippen LogP contribution in [-0.4, -0.2) is 44.3 Å². The fraction of sp³-hybridized carbons (Fsp3) is 0.429. The number of benzene rings is 2. The third-order valence-corrected chi connectivity index (χ3v) is 8.07. The molecule has 170 valence electrons. The van der Waals surface area contributed by atoms with Gasteiger partial charge >= 0.3 is 5.97 Å². The molecular formula is C28H29NO4. The third-order valence-electron chi connectivity index (χ3n) is 8.07. The summed E-state index contributed by atoms with van der Waals surface area (Å²) in [4.78, 5) is 19.0. The summed E-state index contributed by atoms with van der Waals surface area (Å²) in [6, 6.07) is 20.1. The zero-order valence-electron chi connectivity index (χ0n) is 19.3. The molecule has 0 unspecified atom stereocenters. The molecule has 0 radical (unpaired) electrons. The normalized spacial score (nSPS) is 34.8. The van der Waals surface area contributed by atoms with Crippen molar-refractivity contribution < 1.29 is 19.0 Å². The highest BCUT2D eigenvalue weighted by Gasteiger charge is 2.87. The molecule has 1 saturated heterocycles. The number of carbonyl (C=O) groups is 1. The Morgan fingerprint density at radius 2 is 1.64 bits per heavy atom. The van der Waals surface area contributed by atoms with Crippen LogP contribution < -0.4 is 0 Å². The number of carbonyl (C=O) groups excluding carboxylic acids is 1. The number of hydrogen-bond acceptors (Lipinski definition) is 5. The van der Waals surface area contributed by atoms with Crippen molar-refractivity contribution in [1.82, 2.24) is 0 Å². The van der Waals surface area contributed by atoms with Crippen LogP contribution in [0.4, 0.5) is 0 Å². The Morgan fingerprint density at radius 1 is 1.00 bits per heavy atom. The molecule has 5 nitrogen and oxygen atoms in total. The first-order valence-corrected chi connectivity index (χ1v) is 11.7. The summed E-state index contributed by atoms with van der Waals surface area (Å²) in [7, 11) is 1.45. The van der Waals surface area contributed by atoms with Gasteiger partial charge in [0.1, 0.15) is 0 Å². The summed E-state index contributed by atoms with van der Waals surface area (Å²) in [6.45, 7) is 5.22. The van der Waals surface area contributed by atoms with Crippen molar-refractivity contribution in [1.29, 1.82) is 0 Å². The molecule has 4 aliphatic rings. The van der Waals surface area contributed by atoms with Crippen LogP contribution >= 0.6 is 0 Å². The smallest absolute Gasteiger partial charge is 0.324 e. The SMILES string of the molecule is COC(=O)[C@]12C(c3ccccc3)=C[C@](c3ccccc3)([C@@H]3CC=N[C@@H]31)C21OCC(C)(C)CO1. The lowest BCUT2D eigenvalue weighted by Gasteiger charge is -2.52. The number of hydrogen-bond donors (Lipinski definition) is 0. The van der Waals surface area contributed by atoms with Crippen LogP contribution in [0.3, 0.4) is 0 Å². The maximum absolute atomic E-state index is 14.0. The molecule has 2 heterocycles. The van der Waals surface area contributed by atoms with Crippen molar-refractivity contribution in [2.24, 2.45) is 21.7 Å². The zero-order valence-corrected chi connectivity index (χ0v) is 19.3. The summed E-state index contributed by atoms with van der Waals surface area (Å²) < 4.78 is 19.3. The maximum Gasteiger partial charge on any atom is 0.324 e. The second-order valence-corrected chi connectivity index (χ2v) is 10.4. The Bertz CT molecular complexity index is 1140. The maximum atomic E-state index is 14.0. The molecule has 33 heavy (non-hydrogen) atoms. The average molecular weight is 444 g/mol. The standard InChI is InChI=1S/C28H29NO4/c1-25(2)17-32-28(33-18-25)26(20-12-8-5-9-13-20)16-22(19-10-6-4-7-11-19)27(28,24(30)31-3)23-21(26)14-15-29-23/h4-13,15-16,21,23H,14,17-18H2,1-3H3/t21-,23+,26+,27+/m1/s1. The van der Waals surface area contributed by atoms with Crippen molar-refractivity contribution in [3.63, 3.8) is 0 Å². The molecule has 0 aromatic heterocycles.